The molecule has 6 heteroatoms. The zero-order chi connectivity index (χ0) is 19.2. The number of hydrogen-bond acceptors (Lipinski definition) is 4. The molecule has 0 saturated heterocycles. The Morgan fingerprint density at radius 2 is 1.70 bits per heavy atom. The Bertz CT molecular complexity index is 909. The lowest BCUT2D eigenvalue weighted by Crippen LogP contribution is -2.31. The fraction of sp³-hybridized carbons (Fsp3) is 0.190. The van der Waals surface area contributed by atoms with Crippen LogP contribution in [0.1, 0.15) is 34.6 Å². The molecule has 3 rings (SSSR count). The van der Waals surface area contributed by atoms with Crippen LogP contribution in [-0.4, -0.2) is 28.7 Å². The largest absolute Gasteiger partial charge is 0.339 e. The molecule has 1 aromatic heterocycles. The molecule has 0 aliphatic rings. The van der Waals surface area contributed by atoms with Gasteiger partial charge < -0.3 is 4.90 Å². The van der Waals surface area contributed by atoms with Gasteiger partial charge in [0.15, 0.2) is 5.13 Å². The van der Waals surface area contributed by atoms with Crippen molar-refractivity contribution in [3.05, 3.63) is 82.9 Å². The van der Waals surface area contributed by atoms with Crippen molar-refractivity contribution in [2.75, 3.05) is 12.4 Å². The van der Waals surface area contributed by atoms with E-state index in [1.54, 1.807) is 29.5 Å². The molecule has 0 aliphatic carbocycles. The standard InChI is InChI=1S/C21H21N3O2S/c1-15(16-9-5-3-6-10-16)24(2)19(25)13-18-14-27-21(22-18)23-20(26)17-11-7-4-8-12-17/h3-12,14-15H,13H2,1-2H3,(H,22,23,26). The maximum absolute atomic E-state index is 12.6. The number of likely N-dealkylation sites (N-methyl/N-ethyl adjacent to an activating group) is 1. The molecular weight excluding hydrogens is 358 g/mol. The first kappa shape index (κ1) is 18.8. The number of aromatic nitrogens is 1. The Morgan fingerprint density at radius 1 is 1.07 bits per heavy atom. The molecule has 2 amide bonds. The topological polar surface area (TPSA) is 62.3 Å². The van der Waals surface area contributed by atoms with Crippen LogP contribution in [0.25, 0.3) is 0 Å². The van der Waals surface area contributed by atoms with Gasteiger partial charge in [0.25, 0.3) is 5.91 Å². The summed E-state index contributed by atoms with van der Waals surface area (Å²) < 4.78 is 0. The summed E-state index contributed by atoms with van der Waals surface area (Å²) in [6.45, 7) is 2.00. The van der Waals surface area contributed by atoms with Crippen LogP contribution in [-0.2, 0) is 11.2 Å². The van der Waals surface area contributed by atoms with Crippen LogP contribution in [0.15, 0.2) is 66.0 Å². The highest BCUT2D eigenvalue weighted by atomic mass is 32.1. The van der Waals surface area contributed by atoms with Crippen LogP contribution < -0.4 is 5.32 Å². The van der Waals surface area contributed by atoms with E-state index in [4.69, 9.17) is 0 Å². The monoisotopic (exact) mass is 379 g/mol. The van der Waals surface area contributed by atoms with Crippen LogP contribution in [0.4, 0.5) is 5.13 Å². The average Bonchev–Trinajstić information content (AvgIpc) is 3.14. The molecule has 1 N–H and O–H groups in total. The van der Waals surface area contributed by atoms with E-state index < -0.39 is 0 Å². The first-order valence-corrected chi connectivity index (χ1v) is 9.54. The number of nitrogens with one attached hydrogen (secondary N) is 1. The van der Waals surface area contributed by atoms with Crippen molar-refractivity contribution in [3.63, 3.8) is 0 Å². The van der Waals surface area contributed by atoms with Gasteiger partial charge in [0.05, 0.1) is 18.2 Å². The molecule has 1 atom stereocenters. The summed E-state index contributed by atoms with van der Waals surface area (Å²) in [5.41, 5.74) is 2.31. The molecule has 1 unspecified atom stereocenters. The lowest BCUT2D eigenvalue weighted by molar-refractivity contribution is -0.131. The van der Waals surface area contributed by atoms with Gasteiger partial charge in [0, 0.05) is 18.0 Å². The molecule has 0 radical (unpaired) electrons. The van der Waals surface area contributed by atoms with E-state index >= 15 is 0 Å². The molecule has 0 aliphatic heterocycles. The minimum Gasteiger partial charge on any atom is -0.339 e. The van der Waals surface area contributed by atoms with Crippen molar-refractivity contribution in [3.8, 4) is 0 Å². The lowest BCUT2D eigenvalue weighted by Gasteiger charge is -2.25. The number of carbonyl (C=O) groups excluding carboxylic acids is 2. The maximum atomic E-state index is 12.6. The van der Waals surface area contributed by atoms with Gasteiger partial charge >= 0.3 is 0 Å². The zero-order valence-electron chi connectivity index (χ0n) is 15.3. The van der Waals surface area contributed by atoms with E-state index in [0.717, 1.165) is 5.56 Å². The normalized spacial score (nSPS) is 11.6. The second-order valence-electron chi connectivity index (χ2n) is 6.23. The highest BCUT2D eigenvalue weighted by Crippen LogP contribution is 2.21. The van der Waals surface area contributed by atoms with Crippen molar-refractivity contribution >= 4 is 28.3 Å². The smallest absolute Gasteiger partial charge is 0.257 e. The van der Waals surface area contributed by atoms with Gasteiger partial charge in [0.2, 0.25) is 5.91 Å². The third-order valence-electron chi connectivity index (χ3n) is 4.40. The number of carbonyl (C=O) groups is 2. The van der Waals surface area contributed by atoms with Crippen molar-refractivity contribution in [2.45, 2.75) is 19.4 Å². The summed E-state index contributed by atoms with van der Waals surface area (Å²) in [5.74, 6) is -0.227. The van der Waals surface area contributed by atoms with Gasteiger partial charge in [0.1, 0.15) is 0 Å². The molecule has 27 heavy (non-hydrogen) atoms. The van der Waals surface area contributed by atoms with Gasteiger partial charge in [-0.25, -0.2) is 4.98 Å². The third kappa shape index (κ3) is 4.80. The van der Waals surface area contributed by atoms with Crippen LogP contribution in [0, 0.1) is 0 Å². The predicted octanol–water partition coefficient (Wildman–Crippen LogP) is 4.16. The molecule has 138 valence electrons. The number of thiazole rings is 1. The molecule has 0 fully saturated rings. The van der Waals surface area contributed by atoms with Crippen LogP contribution >= 0.6 is 11.3 Å². The zero-order valence-corrected chi connectivity index (χ0v) is 16.1. The summed E-state index contributed by atoms with van der Waals surface area (Å²) in [6.07, 6.45) is 0.200. The molecule has 1 heterocycles. The van der Waals surface area contributed by atoms with Crippen LogP contribution in [0.3, 0.4) is 0 Å². The molecule has 0 bridgehead atoms. The fourth-order valence-corrected chi connectivity index (χ4v) is 3.36. The van der Waals surface area contributed by atoms with Gasteiger partial charge in [-0.15, -0.1) is 11.3 Å². The van der Waals surface area contributed by atoms with Gasteiger partial charge in [-0.1, -0.05) is 48.5 Å². The van der Waals surface area contributed by atoms with Crippen molar-refractivity contribution in [1.29, 1.82) is 0 Å². The summed E-state index contributed by atoms with van der Waals surface area (Å²) >= 11 is 1.32. The van der Waals surface area contributed by atoms with Gasteiger partial charge in [-0.05, 0) is 24.6 Å². The van der Waals surface area contributed by atoms with Crippen molar-refractivity contribution in [1.82, 2.24) is 9.88 Å². The second-order valence-corrected chi connectivity index (χ2v) is 7.09. The first-order chi connectivity index (χ1) is 13.0. The second kappa shape index (κ2) is 8.60. The molecular formula is C21H21N3O2S. The minimum atomic E-state index is -0.211. The lowest BCUT2D eigenvalue weighted by atomic mass is 10.1. The number of benzene rings is 2. The molecule has 3 aromatic rings. The summed E-state index contributed by atoms with van der Waals surface area (Å²) in [5, 5.41) is 5.07. The summed E-state index contributed by atoms with van der Waals surface area (Å²) in [4.78, 5) is 30.9. The summed E-state index contributed by atoms with van der Waals surface area (Å²) in [7, 11) is 1.80. The van der Waals surface area contributed by atoms with Gasteiger partial charge in [-0.2, -0.15) is 0 Å². The number of anilines is 1. The van der Waals surface area contributed by atoms with E-state index in [2.05, 4.69) is 10.3 Å². The SMILES string of the molecule is CC(c1ccccc1)N(C)C(=O)Cc1csc(NC(=O)c2ccccc2)n1. The predicted molar refractivity (Wildman–Crippen MR) is 108 cm³/mol. The Kier molecular flexibility index (Phi) is 5.98. The molecule has 0 spiro atoms. The van der Waals surface area contributed by atoms with E-state index in [1.807, 2.05) is 55.5 Å². The number of nitrogens with zero attached hydrogens (tertiary/aromatic N) is 2. The molecule has 0 saturated carbocycles. The average molecular weight is 379 g/mol. The van der Waals surface area contributed by atoms with E-state index in [0.29, 0.717) is 16.4 Å². The number of hydrogen-bond donors (Lipinski definition) is 1. The number of rotatable bonds is 6. The maximum Gasteiger partial charge on any atom is 0.257 e. The van der Waals surface area contributed by atoms with Gasteiger partial charge in [-0.3, -0.25) is 14.9 Å². The third-order valence-corrected chi connectivity index (χ3v) is 5.20. The quantitative estimate of drug-likeness (QED) is 0.700. The Labute approximate surface area is 162 Å². The van der Waals surface area contributed by atoms with Crippen molar-refractivity contribution in [2.24, 2.45) is 0 Å². The first-order valence-electron chi connectivity index (χ1n) is 8.66. The Morgan fingerprint density at radius 3 is 2.37 bits per heavy atom. The van der Waals surface area contributed by atoms with Crippen LogP contribution in [0.2, 0.25) is 0 Å². The highest BCUT2D eigenvalue weighted by molar-refractivity contribution is 7.14. The van der Waals surface area contributed by atoms with E-state index in [-0.39, 0.29) is 24.3 Å². The number of amides is 2. The van der Waals surface area contributed by atoms with E-state index in [9.17, 15) is 9.59 Å². The summed E-state index contributed by atoms with van der Waals surface area (Å²) in [6, 6.07) is 18.8. The molecule has 5 nitrogen and oxygen atoms in total. The highest BCUT2D eigenvalue weighted by Gasteiger charge is 2.19. The molecule has 2 aromatic carbocycles. The minimum absolute atomic E-state index is 0.0161. The Balaban J connectivity index is 1.60. The fourth-order valence-electron chi connectivity index (χ4n) is 2.66. The Hall–Kier alpha value is -2.99. The van der Waals surface area contributed by atoms with Crippen molar-refractivity contribution < 1.29 is 9.59 Å². The van der Waals surface area contributed by atoms with E-state index in [1.165, 1.54) is 11.3 Å². The van der Waals surface area contributed by atoms with Crippen LogP contribution in [0.5, 0.6) is 0 Å².